The molecule has 2 amide bonds. The normalized spacial score (nSPS) is 22.3. The third kappa shape index (κ3) is 3.57. The Labute approximate surface area is 137 Å². The molecule has 0 spiro atoms. The first-order valence-electron chi connectivity index (χ1n) is 8.84. The van der Waals surface area contributed by atoms with Crippen molar-refractivity contribution in [1.82, 2.24) is 15.1 Å². The van der Waals surface area contributed by atoms with Gasteiger partial charge in [0, 0.05) is 30.6 Å². The number of carbonyl (C=O) groups excluding carboxylic acids is 2. The number of amides is 2. The van der Waals surface area contributed by atoms with E-state index in [0.29, 0.717) is 24.7 Å². The van der Waals surface area contributed by atoms with Gasteiger partial charge < -0.3 is 10.2 Å². The quantitative estimate of drug-likeness (QED) is 0.896. The van der Waals surface area contributed by atoms with E-state index in [0.717, 1.165) is 25.0 Å². The van der Waals surface area contributed by atoms with Crippen molar-refractivity contribution in [2.75, 3.05) is 11.9 Å². The van der Waals surface area contributed by atoms with Crippen LogP contribution < -0.4 is 5.32 Å². The number of hydrogen-bond acceptors (Lipinski definition) is 3. The molecular weight excluding hydrogens is 292 g/mol. The highest BCUT2D eigenvalue weighted by Gasteiger charge is 2.31. The van der Waals surface area contributed by atoms with Crippen molar-refractivity contribution in [1.29, 1.82) is 0 Å². The van der Waals surface area contributed by atoms with Crippen molar-refractivity contribution in [2.45, 2.75) is 70.3 Å². The lowest BCUT2D eigenvalue weighted by Gasteiger charge is -2.34. The van der Waals surface area contributed by atoms with Gasteiger partial charge >= 0.3 is 0 Å². The Morgan fingerprint density at radius 3 is 2.74 bits per heavy atom. The van der Waals surface area contributed by atoms with Crippen molar-refractivity contribution in [3.63, 3.8) is 0 Å². The standard InChI is InChI=1S/C17H26N4O2/c1-2-16(22)21-10-6-5-9-14(21)17(23)18-15-11-13(19-20-15)12-7-3-4-8-12/h11-12,14H,2-10H2,1H3,(H2,18,19,20,23). The van der Waals surface area contributed by atoms with Crippen LogP contribution in [0.2, 0.25) is 0 Å². The number of aromatic nitrogens is 2. The van der Waals surface area contributed by atoms with Crippen LogP contribution in [0.3, 0.4) is 0 Å². The molecule has 1 unspecified atom stereocenters. The maximum Gasteiger partial charge on any atom is 0.248 e. The average Bonchev–Trinajstić information content (AvgIpc) is 3.25. The summed E-state index contributed by atoms with van der Waals surface area (Å²) in [6, 6.07) is 1.59. The monoisotopic (exact) mass is 318 g/mol. The van der Waals surface area contributed by atoms with Gasteiger partial charge in [0.25, 0.3) is 0 Å². The minimum Gasteiger partial charge on any atom is -0.331 e. The van der Waals surface area contributed by atoms with Crippen LogP contribution in [0.4, 0.5) is 5.82 Å². The van der Waals surface area contributed by atoms with Crippen LogP contribution in [-0.4, -0.2) is 39.5 Å². The van der Waals surface area contributed by atoms with Gasteiger partial charge in [-0.2, -0.15) is 5.10 Å². The minimum atomic E-state index is -0.358. The molecule has 6 heteroatoms. The number of nitrogens with zero attached hydrogens (tertiary/aromatic N) is 2. The highest BCUT2D eigenvalue weighted by molar-refractivity contribution is 5.96. The fraction of sp³-hybridized carbons (Fsp3) is 0.706. The molecule has 23 heavy (non-hydrogen) atoms. The van der Waals surface area contributed by atoms with E-state index in [4.69, 9.17) is 0 Å². The molecule has 1 saturated carbocycles. The second-order valence-electron chi connectivity index (χ2n) is 6.63. The lowest BCUT2D eigenvalue weighted by Crippen LogP contribution is -2.49. The molecule has 2 N–H and O–H groups in total. The third-order valence-corrected chi connectivity index (χ3v) is 5.07. The molecule has 2 heterocycles. The Morgan fingerprint density at radius 1 is 1.26 bits per heavy atom. The second-order valence-corrected chi connectivity index (χ2v) is 6.63. The number of nitrogens with one attached hydrogen (secondary N) is 2. The molecule has 126 valence electrons. The first-order valence-corrected chi connectivity index (χ1v) is 8.84. The molecule has 0 bridgehead atoms. The maximum absolute atomic E-state index is 12.6. The molecule has 0 aromatic carbocycles. The SMILES string of the molecule is CCC(=O)N1CCCCC1C(=O)Nc1cc(C2CCCC2)[nH]n1. The summed E-state index contributed by atoms with van der Waals surface area (Å²) in [4.78, 5) is 26.3. The van der Waals surface area contributed by atoms with Crippen LogP contribution in [0.5, 0.6) is 0 Å². The second kappa shape index (κ2) is 7.15. The summed E-state index contributed by atoms with van der Waals surface area (Å²) in [5, 5.41) is 10.2. The minimum absolute atomic E-state index is 0.0542. The number of hydrogen-bond donors (Lipinski definition) is 2. The molecule has 1 aliphatic heterocycles. The number of aromatic amines is 1. The fourth-order valence-electron chi connectivity index (χ4n) is 3.76. The van der Waals surface area contributed by atoms with E-state index in [1.54, 1.807) is 4.90 Å². The smallest absolute Gasteiger partial charge is 0.248 e. The van der Waals surface area contributed by atoms with Crippen LogP contribution in [0.25, 0.3) is 0 Å². The van der Waals surface area contributed by atoms with Gasteiger partial charge in [-0.1, -0.05) is 19.8 Å². The zero-order valence-corrected chi connectivity index (χ0v) is 13.8. The Morgan fingerprint density at radius 2 is 2.00 bits per heavy atom. The van der Waals surface area contributed by atoms with Crippen LogP contribution >= 0.6 is 0 Å². The van der Waals surface area contributed by atoms with E-state index >= 15 is 0 Å². The molecule has 1 aromatic heterocycles. The van der Waals surface area contributed by atoms with Gasteiger partial charge in [0.15, 0.2) is 5.82 Å². The Bertz CT molecular complexity index is 563. The van der Waals surface area contributed by atoms with E-state index in [9.17, 15) is 9.59 Å². The molecule has 6 nitrogen and oxygen atoms in total. The summed E-state index contributed by atoms with van der Waals surface area (Å²) < 4.78 is 0. The largest absolute Gasteiger partial charge is 0.331 e. The molecular formula is C17H26N4O2. The number of piperidine rings is 1. The van der Waals surface area contributed by atoms with Crippen LogP contribution in [0, 0.1) is 0 Å². The highest BCUT2D eigenvalue weighted by Crippen LogP contribution is 2.33. The lowest BCUT2D eigenvalue weighted by molar-refractivity contribution is -0.140. The molecule has 1 aliphatic carbocycles. The summed E-state index contributed by atoms with van der Waals surface area (Å²) in [7, 11) is 0. The summed E-state index contributed by atoms with van der Waals surface area (Å²) in [5.74, 6) is 1.06. The number of carbonyl (C=O) groups is 2. The fourth-order valence-corrected chi connectivity index (χ4v) is 3.76. The van der Waals surface area contributed by atoms with Crippen molar-refractivity contribution in [3.8, 4) is 0 Å². The predicted octanol–water partition coefficient (Wildman–Crippen LogP) is 2.80. The summed E-state index contributed by atoms with van der Waals surface area (Å²) in [5.41, 5.74) is 1.11. The summed E-state index contributed by atoms with van der Waals surface area (Å²) in [6.45, 7) is 2.52. The number of anilines is 1. The third-order valence-electron chi connectivity index (χ3n) is 5.07. The van der Waals surface area contributed by atoms with Gasteiger partial charge in [0.05, 0.1) is 0 Å². The molecule has 1 aromatic rings. The van der Waals surface area contributed by atoms with Gasteiger partial charge in [-0.25, -0.2) is 0 Å². The zero-order chi connectivity index (χ0) is 16.2. The lowest BCUT2D eigenvalue weighted by atomic mass is 10.0. The summed E-state index contributed by atoms with van der Waals surface area (Å²) >= 11 is 0. The van der Waals surface area contributed by atoms with E-state index in [-0.39, 0.29) is 17.9 Å². The highest BCUT2D eigenvalue weighted by atomic mass is 16.2. The first-order chi connectivity index (χ1) is 11.2. The van der Waals surface area contributed by atoms with Gasteiger partial charge in [0.1, 0.15) is 6.04 Å². The van der Waals surface area contributed by atoms with Crippen LogP contribution in [0.15, 0.2) is 6.07 Å². The van der Waals surface area contributed by atoms with Crippen molar-refractivity contribution >= 4 is 17.6 Å². The number of rotatable bonds is 4. The molecule has 1 atom stereocenters. The summed E-state index contributed by atoms with van der Waals surface area (Å²) in [6.07, 6.45) is 8.05. The van der Waals surface area contributed by atoms with Gasteiger partial charge in [0.2, 0.25) is 11.8 Å². The zero-order valence-electron chi connectivity index (χ0n) is 13.8. The molecule has 0 radical (unpaired) electrons. The van der Waals surface area contributed by atoms with E-state index in [1.807, 2.05) is 13.0 Å². The topological polar surface area (TPSA) is 78.1 Å². The number of H-pyrrole nitrogens is 1. The van der Waals surface area contributed by atoms with Crippen LogP contribution in [-0.2, 0) is 9.59 Å². The van der Waals surface area contributed by atoms with Gasteiger partial charge in [-0.3, -0.25) is 14.7 Å². The molecule has 3 rings (SSSR count). The van der Waals surface area contributed by atoms with Crippen molar-refractivity contribution < 1.29 is 9.59 Å². The maximum atomic E-state index is 12.6. The van der Waals surface area contributed by atoms with E-state index in [2.05, 4.69) is 15.5 Å². The molecule has 2 fully saturated rings. The average molecular weight is 318 g/mol. The Kier molecular flexibility index (Phi) is 4.98. The van der Waals surface area contributed by atoms with Gasteiger partial charge in [-0.15, -0.1) is 0 Å². The molecule has 2 aliphatic rings. The van der Waals surface area contributed by atoms with E-state index in [1.165, 1.54) is 25.7 Å². The van der Waals surface area contributed by atoms with E-state index < -0.39 is 0 Å². The molecule has 1 saturated heterocycles. The Balaban J connectivity index is 1.64. The van der Waals surface area contributed by atoms with Gasteiger partial charge in [-0.05, 0) is 32.1 Å². The first kappa shape index (κ1) is 16.0. The van der Waals surface area contributed by atoms with Crippen LogP contribution in [0.1, 0.15) is 69.9 Å². The van der Waals surface area contributed by atoms with Crippen molar-refractivity contribution in [3.05, 3.63) is 11.8 Å². The Hall–Kier alpha value is -1.85. The predicted molar refractivity (Wildman–Crippen MR) is 88.1 cm³/mol. The number of likely N-dealkylation sites (tertiary alicyclic amines) is 1. The van der Waals surface area contributed by atoms with Crippen molar-refractivity contribution in [2.24, 2.45) is 0 Å².